The van der Waals surface area contributed by atoms with E-state index in [0.717, 1.165) is 13.0 Å². The van der Waals surface area contributed by atoms with Gasteiger partial charge in [-0.05, 0) is 24.8 Å². The second-order valence-corrected chi connectivity index (χ2v) is 3.95. The Balaban J connectivity index is 2.50. The standard InChI is InChI=1S/C15H18N/c1-3-12-16(4-2)15-11-7-9-13-8-5-6-10-14(13)15/h4-11H,3,12H2,1-2H3. The van der Waals surface area contributed by atoms with Gasteiger partial charge in [0.15, 0.2) is 0 Å². The molecule has 2 rings (SSSR count). The summed E-state index contributed by atoms with van der Waals surface area (Å²) in [5.41, 5.74) is 1.31. The highest BCUT2D eigenvalue weighted by molar-refractivity contribution is 5.94. The molecule has 0 amide bonds. The van der Waals surface area contributed by atoms with Gasteiger partial charge in [0.05, 0.1) is 0 Å². The molecule has 0 aliphatic heterocycles. The van der Waals surface area contributed by atoms with E-state index in [-0.39, 0.29) is 0 Å². The lowest BCUT2D eigenvalue weighted by atomic mass is 10.1. The van der Waals surface area contributed by atoms with Crippen molar-refractivity contribution in [3.8, 4) is 0 Å². The van der Waals surface area contributed by atoms with Gasteiger partial charge in [0.25, 0.3) is 0 Å². The van der Waals surface area contributed by atoms with E-state index in [9.17, 15) is 0 Å². The van der Waals surface area contributed by atoms with E-state index >= 15 is 0 Å². The van der Waals surface area contributed by atoms with Crippen molar-refractivity contribution in [2.75, 3.05) is 11.4 Å². The Morgan fingerprint density at radius 2 is 1.81 bits per heavy atom. The molecule has 0 aliphatic carbocycles. The number of hydrogen-bond donors (Lipinski definition) is 0. The molecule has 0 spiro atoms. The maximum atomic E-state index is 2.32. The summed E-state index contributed by atoms with van der Waals surface area (Å²) in [5, 5.41) is 2.64. The van der Waals surface area contributed by atoms with Gasteiger partial charge in [-0.2, -0.15) is 0 Å². The Kier molecular flexibility index (Phi) is 3.45. The Hall–Kier alpha value is -1.50. The molecule has 0 fully saturated rings. The van der Waals surface area contributed by atoms with Crippen molar-refractivity contribution in [2.45, 2.75) is 20.3 Å². The normalized spacial score (nSPS) is 10.6. The minimum atomic E-state index is 1.07. The van der Waals surface area contributed by atoms with Crippen LogP contribution in [-0.4, -0.2) is 6.54 Å². The first-order chi connectivity index (χ1) is 7.86. The van der Waals surface area contributed by atoms with Crippen molar-refractivity contribution in [3.63, 3.8) is 0 Å². The lowest BCUT2D eigenvalue weighted by Gasteiger charge is -2.23. The predicted octanol–water partition coefficient (Wildman–Crippen LogP) is 4.24. The summed E-state index contributed by atoms with van der Waals surface area (Å²) >= 11 is 0. The maximum absolute atomic E-state index is 2.32. The highest BCUT2D eigenvalue weighted by atomic mass is 15.1. The van der Waals surface area contributed by atoms with Gasteiger partial charge in [-0.15, -0.1) is 0 Å². The predicted molar refractivity (Wildman–Crippen MR) is 71.6 cm³/mol. The van der Waals surface area contributed by atoms with Gasteiger partial charge in [0, 0.05) is 24.2 Å². The van der Waals surface area contributed by atoms with E-state index in [2.05, 4.69) is 67.8 Å². The first kappa shape index (κ1) is 11.0. The Morgan fingerprint density at radius 3 is 2.56 bits per heavy atom. The van der Waals surface area contributed by atoms with Crippen LogP contribution in [0.3, 0.4) is 0 Å². The summed E-state index contributed by atoms with van der Waals surface area (Å²) in [6.07, 6.45) is 1.16. The number of hydrogen-bond acceptors (Lipinski definition) is 1. The van der Waals surface area contributed by atoms with Crippen molar-refractivity contribution in [1.82, 2.24) is 0 Å². The third-order valence-corrected chi connectivity index (χ3v) is 2.85. The smallest absolute Gasteiger partial charge is 0.0462 e. The van der Waals surface area contributed by atoms with Gasteiger partial charge in [-0.3, -0.25) is 0 Å². The first-order valence-corrected chi connectivity index (χ1v) is 5.90. The molecule has 0 saturated carbocycles. The van der Waals surface area contributed by atoms with Crippen LogP contribution in [0.1, 0.15) is 20.3 Å². The summed E-state index contributed by atoms with van der Waals surface area (Å²) in [6, 6.07) is 15.0. The first-order valence-electron chi connectivity index (χ1n) is 5.90. The van der Waals surface area contributed by atoms with Crippen LogP contribution in [0, 0.1) is 6.54 Å². The van der Waals surface area contributed by atoms with Gasteiger partial charge in [-0.25, -0.2) is 0 Å². The average molecular weight is 212 g/mol. The van der Waals surface area contributed by atoms with E-state index in [1.807, 2.05) is 0 Å². The SMILES string of the molecule is C[CH]N(CCC)c1cccc2ccccc12. The second-order valence-electron chi connectivity index (χ2n) is 3.95. The Bertz CT molecular complexity index is 456. The zero-order valence-electron chi connectivity index (χ0n) is 9.98. The molecule has 1 radical (unpaired) electrons. The molecule has 0 aromatic heterocycles. The zero-order valence-corrected chi connectivity index (χ0v) is 9.98. The van der Waals surface area contributed by atoms with Gasteiger partial charge < -0.3 is 4.90 Å². The van der Waals surface area contributed by atoms with Crippen molar-refractivity contribution in [1.29, 1.82) is 0 Å². The van der Waals surface area contributed by atoms with Gasteiger partial charge >= 0.3 is 0 Å². The second kappa shape index (κ2) is 5.02. The molecule has 0 aliphatic rings. The van der Waals surface area contributed by atoms with E-state index < -0.39 is 0 Å². The van der Waals surface area contributed by atoms with E-state index in [1.54, 1.807) is 0 Å². The molecule has 2 aromatic carbocycles. The van der Waals surface area contributed by atoms with Crippen LogP contribution >= 0.6 is 0 Å². The fourth-order valence-electron chi connectivity index (χ4n) is 2.09. The third-order valence-electron chi connectivity index (χ3n) is 2.85. The van der Waals surface area contributed by atoms with E-state index in [4.69, 9.17) is 0 Å². The summed E-state index contributed by atoms with van der Waals surface area (Å²) in [5.74, 6) is 0. The number of anilines is 1. The monoisotopic (exact) mass is 212 g/mol. The summed E-state index contributed by atoms with van der Waals surface area (Å²) in [6.45, 7) is 7.54. The third kappa shape index (κ3) is 2.04. The molecule has 0 unspecified atom stereocenters. The van der Waals surface area contributed by atoms with Crippen molar-refractivity contribution >= 4 is 16.5 Å². The lowest BCUT2D eigenvalue weighted by Crippen LogP contribution is -2.19. The summed E-state index contributed by atoms with van der Waals surface area (Å²) in [4.78, 5) is 2.32. The minimum absolute atomic E-state index is 1.07. The van der Waals surface area contributed by atoms with Crippen LogP contribution in [0.2, 0.25) is 0 Å². The Morgan fingerprint density at radius 1 is 1.06 bits per heavy atom. The molecule has 2 aromatic rings. The lowest BCUT2D eigenvalue weighted by molar-refractivity contribution is 0.847. The maximum Gasteiger partial charge on any atom is 0.0462 e. The van der Waals surface area contributed by atoms with Crippen LogP contribution < -0.4 is 4.90 Å². The van der Waals surface area contributed by atoms with Gasteiger partial charge in [0.1, 0.15) is 0 Å². The average Bonchev–Trinajstić information content (AvgIpc) is 2.35. The molecule has 0 atom stereocenters. The highest BCUT2D eigenvalue weighted by Gasteiger charge is 2.06. The van der Waals surface area contributed by atoms with Gasteiger partial charge in [0.2, 0.25) is 0 Å². The molecule has 16 heavy (non-hydrogen) atoms. The minimum Gasteiger partial charge on any atom is -0.366 e. The molecule has 1 nitrogen and oxygen atoms in total. The molecule has 0 heterocycles. The van der Waals surface area contributed by atoms with Crippen LogP contribution in [0.5, 0.6) is 0 Å². The molecule has 83 valence electrons. The van der Waals surface area contributed by atoms with E-state index in [1.165, 1.54) is 16.5 Å². The molecular formula is C15H18N. The van der Waals surface area contributed by atoms with Crippen LogP contribution in [0.25, 0.3) is 10.8 Å². The van der Waals surface area contributed by atoms with Crippen molar-refractivity contribution in [3.05, 3.63) is 49.0 Å². The molecule has 1 heteroatoms. The number of benzene rings is 2. The number of rotatable bonds is 4. The fraction of sp³-hybridized carbons (Fsp3) is 0.267. The largest absolute Gasteiger partial charge is 0.366 e. The van der Waals surface area contributed by atoms with Crippen LogP contribution in [0.4, 0.5) is 5.69 Å². The molecular weight excluding hydrogens is 194 g/mol. The summed E-state index contributed by atoms with van der Waals surface area (Å²) < 4.78 is 0. The quantitative estimate of drug-likeness (QED) is 0.732. The Labute approximate surface area is 97.7 Å². The van der Waals surface area contributed by atoms with Crippen molar-refractivity contribution < 1.29 is 0 Å². The van der Waals surface area contributed by atoms with Crippen molar-refractivity contribution in [2.24, 2.45) is 0 Å². The summed E-state index contributed by atoms with van der Waals surface area (Å²) in [7, 11) is 0. The topological polar surface area (TPSA) is 3.24 Å². The number of nitrogens with zero attached hydrogens (tertiary/aromatic N) is 1. The number of fused-ring (bicyclic) bond motifs is 1. The fourth-order valence-corrected chi connectivity index (χ4v) is 2.09. The van der Waals surface area contributed by atoms with Gasteiger partial charge in [-0.1, -0.05) is 43.3 Å². The van der Waals surface area contributed by atoms with E-state index in [0.29, 0.717) is 0 Å². The zero-order chi connectivity index (χ0) is 11.4. The van der Waals surface area contributed by atoms with Crippen LogP contribution in [-0.2, 0) is 0 Å². The highest BCUT2D eigenvalue weighted by Crippen LogP contribution is 2.27. The molecule has 0 saturated heterocycles. The van der Waals surface area contributed by atoms with Crippen LogP contribution in [0.15, 0.2) is 42.5 Å². The molecule has 0 N–H and O–H groups in total. The molecule has 0 bridgehead atoms.